The fourth-order valence-corrected chi connectivity index (χ4v) is 6.95. The van der Waals surface area contributed by atoms with E-state index < -0.39 is 27.9 Å². The second kappa shape index (κ2) is 9.00. The number of sulfonamides is 1. The van der Waals surface area contributed by atoms with Crippen molar-refractivity contribution in [2.24, 2.45) is 0 Å². The zero-order valence-electron chi connectivity index (χ0n) is 19.5. The first kappa shape index (κ1) is 23.6. The molecule has 0 spiro atoms. The molecule has 7 nitrogen and oxygen atoms in total. The Kier molecular flexibility index (Phi) is 6.44. The van der Waals surface area contributed by atoms with Crippen molar-refractivity contribution in [3.63, 3.8) is 0 Å². The number of anilines is 1. The number of nitrogens with zero attached hydrogens (tertiary/aromatic N) is 2. The van der Waals surface area contributed by atoms with Crippen LogP contribution < -0.4 is 4.90 Å². The van der Waals surface area contributed by atoms with Gasteiger partial charge in [-0.1, -0.05) is 24.3 Å². The molecule has 0 saturated carbocycles. The van der Waals surface area contributed by atoms with Crippen LogP contribution in [-0.4, -0.2) is 49.8 Å². The molecule has 2 aromatic carbocycles. The lowest BCUT2D eigenvalue weighted by Gasteiger charge is -2.30. The third-order valence-electron chi connectivity index (χ3n) is 6.76. The molecule has 176 valence electrons. The highest BCUT2D eigenvalue weighted by Crippen LogP contribution is 2.34. The number of hydrogen-bond acceptors (Lipinski definition) is 5. The van der Waals surface area contributed by atoms with Gasteiger partial charge in [0.25, 0.3) is 5.91 Å². The highest BCUT2D eigenvalue weighted by atomic mass is 32.2. The number of amides is 2. The van der Waals surface area contributed by atoms with E-state index in [9.17, 15) is 18.0 Å². The van der Waals surface area contributed by atoms with Gasteiger partial charge in [-0.2, -0.15) is 4.31 Å². The Labute approximate surface area is 195 Å². The molecule has 2 heterocycles. The molecule has 2 saturated heterocycles. The van der Waals surface area contributed by atoms with Crippen LogP contribution in [0.15, 0.2) is 41.3 Å². The first-order valence-corrected chi connectivity index (χ1v) is 12.7. The SMILES string of the molecule is Cc1cc(C)c(C)c(S(=O)(=O)N(CC2CCCO2)C2CC(=O)N(c3ccccc3)C2=O)c1C. The Bertz CT molecular complexity index is 1160. The summed E-state index contributed by atoms with van der Waals surface area (Å²) in [6, 6.07) is 9.50. The molecular weight excluding hydrogens is 440 g/mol. The van der Waals surface area contributed by atoms with Crippen LogP contribution in [0, 0.1) is 27.7 Å². The molecule has 2 atom stereocenters. The molecule has 2 amide bonds. The van der Waals surface area contributed by atoms with Crippen molar-refractivity contribution in [2.75, 3.05) is 18.1 Å². The molecular formula is C25H30N2O5S. The lowest BCUT2D eigenvalue weighted by molar-refractivity contribution is -0.122. The third-order valence-corrected chi connectivity index (χ3v) is 8.91. The maximum atomic E-state index is 14.1. The number of hydrogen-bond donors (Lipinski definition) is 0. The van der Waals surface area contributed by atoms with E-state index in [1.165, 1.54) is 4.31 Å². The number of carbonyl (C=O) groups excluding carboxylic acids is 2. The van der Waals surface area contributed by atoms with Crippen molar-refractivity contribution in [3.05, 3.63) is 58.7 Å². The van der Waals surface area contributed by atoms with Crippen molar-refractivity contribution in [3.8, 4) is 0 Å². The van der Waals surface area contributed by atoms with Gasteiger partial charge in [-0.15, -0.1) is 0 Å². The average molecular weight is 471 g/mol. The number of imide groups is 1. The maximum Gasteiger partial charge on any atom is 0.252 e. The minimum atomic E-state index is -4.09. The smallest absolute Gasteiger partial charge is 0.252 e. The zero-order valence-corrected chi connectivity index (χ0v) is 20.3. The molecule has 0 aliphatic carbocycles. The monoisotopic (exact) mass is 470 g/mol. The summed E-state index contributed by atoms with van der Waals surface area (Å²) in [6.07, 6.45) is 1.06. The number of carbonyl (C=O) groups is 2. The van der Waals surface area contributed by atoms with Crippen LogP contribution in [0.4, 0.5) is 5.69 Å². The number of benzene rings is 2. The summed E-state index contributed by atoms with van der Waals surface area (Å²) in [5.41, 5.74) is 3.50. The van der Waals surface area contributed by atoms with E-state index in [0.717, 1.165) is 22.4 Å². The third kappa shape index (κ3) is 4.23. The Morgan fingerprint density at radius 2 is 1.67 bits per heavy atom. The fraction of sp³-hybridized carbons (Fsp3) is 0.440. The molecule has 4 rings (SSSR count). The maximum absolute atomic E-state index is 14.1. The Morgan fingerprint density at radius 1 is 1.03 bits per heavy atom. The standard InChI is InChI=1S/C25H30N2O5S/c1-16-13-17(2)19(4)24(18(16)3)33(30,31)26(15-21-11-8-12-32-21)22-14-23(28)27(25(22)29)20-9-6-5-7-10-20/h5-7,9-10,13,21-22H,8,11-12,14-15H2,1-4H3. The van der Waals surface area contributed by atoms with Gasteiger partial charge < -0.3 is 4.74 Å². The number of aryl methyl sites for hydroxylation is 2. The van der Waals surface area contributed by atoms with Gasteiger partial charge in [0.1, 0.15) is 6.04 Å². The molecule has 2 aliphatic rings. The minimum Gasteiger partial charge on any atom is -0.377 e. The van der Waals surface area contributed by atoms with E-state index in [1.807, 2.05) is 19.9 Å². The first-order valence-electron chi connectivity index (χ1n) is 11.3. The predicted octanol–water partition coefficient (Wildman–Crippen LogP) is 3.42. The molecule has 2 aromatic rings. The van der Waals surface area contributed by atoms with E-state index in [0.29, 0.717) is 29.8 Å². The molecule has 33 heavy (non-hydrogen) atoms. The van der Waals surface area contributed by atoms with Gasteiger partial charge >= 0.3 is 0 Å². The van der Waals surface area contributed by atoms with Gasteiger partial charge in [0.05, 0.1) is 23.1 Å². The highest BCUT2D eigenvalue weighted by molar-refractivity contribution is 7.89. The van der Waals surface area contributed by atoms with Crippen LogP contribution in [-0.2, 0) is 24.3 Å². The number of rotatable bonds is 6. The zero-order chi connectivity index (χ0) is 23.9. The minimum absolute atomic E-state index is 0.0422. The Morgan fingerprint density at radius 3 is 2.24 bits per heavy atom. The summed E-state index contributed by atoms with van der Waals surface area (Å²) >= 11 is 0. The molecule has 0 bridgehead atoms. The quantitative estimate of drug-likeness (QED) is 0.604. The summed E-state index contributed by atoms with van der Waals surface area (Å²) in [5.74, 6) is -0.926. The van der Waals surface area contributed by atoms with Crippen LogP contribution in [0.5, 0.6) is 0 Å². The van der Waals surface area contributed by atoms with Crippen molar-refractivity contribution in [1.82, 2.24) is 4.31 Å². The molecule has 0 radical (unpaired) electrons. The highest BCUT2D eigenvalue weighted by Gasteiger charge is 2.48. The van der Waals surface area contributed by atoms with Crippen molar-refractivity contribution in [1.29, 1.82) is 0 Å². The van der Waals surface area contributed by atoms with Gasteiger partial charge in [-0.05, 0) is 74.9 Å². The van der Waals surface area contributed by atoms with Gasteiger partial charge in [-0.25, -0.2) is 13.3 Å². The molecule has 2 fully saturated rings. The summed E-state index contributed by atoms with van der Waals surface area (Å²) in [4.78, 5) is 27.7. The fourth-order valence-electron chi connectivity index (χ4n) is 4.76. The van der Waals surface area contributed by atoms with E-state index in [1.54, 1.807) is 44.2 Å². The van der Waals surface area contributed by atoms with Crippen LogP contribution in [0.3, 0.4) is 0 Å². The Balaban J connectivity index is 1.80. The van der Waals surface area contributed by atoms with Gasteiger partial charge in [0.15, 0.2) is 0 Å². The van der Waals surface area contributed by atoms with E-state index in [-0.39, 0.29) is 24.0 Å². The molecule has 2 aliphatic heterocycles. The van der Waals surface area contributed by atoms with E-state index >= 15 is 0 Å². The lowest BCUT2D eigenvalue weighted by atomic mass is 10.0. The summed E-state index contributed by atoms with van der Waals surface area (Å²) in [6.45, 7) is 7.95. The average Bonchev–Trinajstić information content (AvgIpc) is 3.38. The molecule has 2 unspecified atom stereocenters. The molecule has 0 aromatic heterocycles. The lowest BCUT2D eigenvalue weighted by Crippen LogP contribution is -2.48. The topological polar surface area (TPSA) is 84.0 Å². The second-order valence-corrected chi connectivity index (χ2v) is 10.7. The van der Waals surface area contributed by atoms with Gasteiger partial charge in [-0.3, -0.25) is 9.59 Å². The van der Waals surface area contributed by atoms with E-state index in [2.05, 4.69) is 0 Å². The van der Waals surface area contributed by atoms with Gasteiger partial charge in [0.2, 0.25) is 15.9 Å². The van der Waals surface area contributed by atoms with Crippen LogP contribution in [0.2, 0.25) is 0 Å². The van der Waals surface area contributed by atoms with Crippen LogP contribution >= 0.6 is 0 Å². The van der Waals surface area contributed by atoms with Crippen LogP contribution in [0.25, 0.3) is 0 Å². The molecule has 0 N–H and O–H groups in total. The van der Waals surface area contributed by atoms with Crippen molar-refractivity contribution >= 4 is 27.5 Å². The molecule has 8 heteroatoms. The van der Waals surface area contributed by atoms with E-state index in [4.69, 9.17) is 4.74 Å². The largest absolute Gasteiger partial charge is 0.377 e. The normalized spacial score (nSPS) is 21.4. The van der Waals surface area contributed by atoms with Crippen molar-refractivity contribution < 1.29 is 22.7 Å². The van der Waals surface area contributed by atoms with Crippen LogP contribution in [0.1, 0.15) is 41.5 Å². The predicted molar refractivity (Wildman–Crippen MR) is 126 cm³/mol. The first-order chi connectivity index (χ1) is 15.6. The summed E-state index contributed by atoms with van der Waals surface area (Å²) < 4.78 is 35.2. The van der Waals surface area contributed by atoms with Gasteiger partial charge in [0, 0.05) is 13.2 Å². The summed E-state index contributed by atoms with van der Waals surface area (Å²) in [5, 5.41) is 0. The number of ether oxygens (including phenoxy) is 1. The van der Waals surface area contributed by atoms with Crippen molar-refractivity contribution in [2.45, 2.75) is 64.0 Å². The Hall–Kier alpha value is -2.55. The summed E-state index contributed by atoms with van der Waals surface area (Å²) in [7, 11) is -4.09. The number of para-hydroxylation sites is 1. The second-order valence-electron chi connectivity index (χ2n) is 8.92.